The van der Waals surface area contributed by atoms with Gasteiger partial charge in [-0.1, -0.05) is 34.8 Å². The lowest BCUT2D eigenvalue weighted by atomic mass is 10.1. The molecule has 11 heteroatoms. The molecule has 0 saturated heterocycles. The Morgan fingerprint density at radius 1 is 0.943 bits per heavy atom. The van der Waals surface area contributed by atoms with E-state index in [1.165, 1.54) is 30.3 Å². The van der Waals surface area contributed by atoms with Gasteiger partial charge in [0.05, 0.1) is 22.2 Å². The van der Waals surface area contributed by atoms with Crippen LogP contribution in [0.1, 0.15) is 27.4 Å². The monoisotopic (exact) mass is 573 g/mol. The first kappa shape index (κ1) is 25.9. The maximum absolute atomic E-state index is 13.3. The molecule has 5 nitrogen and oxygen atoms in total. The van der Waals surface area contributed by atoms with Crippen molar-refractivity contribution >= 4 is 81.2 Å². The lowest BCUT2D eigenvalue weighted by Crippen LogP contribution is -2.30. The lowest BCUT2D eigenvalue weighted by molar-refractivity contribution is -0.117. The number of carbonyl (C=O) groups is 2. The van der Waals surface area contributed by atoms with E-state index in [2.05, 4.69) is 16.2 Å². The van der Waals surface area contributed by atoms with Crippen LogP contribution in [-0.2, 0) is 4.79 Å². The first-order chi connectivity index (χ1) is 16.5. The standard InChI is InChI=1S/C24H17Cl5FN3O2/c1-11-6-15(30)2-5-19(11)32-33-22(34)17-10-16(3-4-18(17)27)31-23(35)21-20(24(21,28)29)12-7-13(25)9-14(26)8-12/h2-10,20-21,32H,1H3,(H,31,35)(H,33,34). The molecule has 0 bridgehead atoms. The molecule has 2 amide bonds. The summed E-state index contributed by atoms with van der Waals surface area (Å²) in [7, 11) is 0. The zero-order valence-electron chi connectivity index (χ0n) is 17.9. The first-order valence-electron chi connectivity index (χ1n) is 10.2. The molecule has 4 rings (SSSR count). The van der Waals surface area contributed by atoms with Crippen molar-refractivity contribution in [2.24, 2.45) is 5.92 Å². The van der Waals surface area contributed by atoms with Gasteiger partial charge in [-0.05, 0) is 72.6 Å². The second kappa shape index (κ2) is 10.0. The summed E-state index contributed by atoms with van der Waals surface area (Å²) in [5.74, 6) is -2.67. The van der Waals surface area contributed by atoms with Gasteiger partial charge in [0.15, 0.2) is 0 Å². The van der Waals surface area contributed by atoms with E-state index in [-0.39, 0.29) is 16.4 Å². The normalized spacial score (nSPS) is 18.0. The molecule has 1 aliphatic carbocycles. The second-order valence-corrected chi connectivity index (χ2v) is 10.8. The highest BCUT2D eigenvalue weighted by Crippen LogP contribution is 2.65. The number of benzene rings is 3. The maximum Gasteiger partial charge on any atom is 0.271 e. The molecule has 3 aromatic rings. The minimum absolute atomic E-state index is 0.105. The van der Waals surface area contributed by atoms with Crippen LogP contribution in [0.15, 0.2) is 54.6 Å². The van der Waals surface area contributed by atoms with Gasteiger partial charge in [0.2, 0.25) is 5.91 Å². The number of halogens is 6. The first-order valence-corrected chi connectivity index (χ1v) is 12.1. The number of amides is 2. The summed E-state index contributed by atoms with van der Waals surface area (Å²) < 4.78 is 11.9. The summed E-state index contributed by atoms with van der Waals surface area (Å²) in [6, 6.07) is 13.4. The van der Waals surface area contributed by atoms with Crippen molar-refractivity contribution in [1.82, 2.24) is 5.43 Å². The smallest absolute Gasteiger partial charge is 0.271 e. The number of rotatable bonds is 6. The van der Waals surface area contributed by atoms with Crippen LogP contribution in [0.25, 0.3) is 0 Å². The zero-order valence-corrected chi connectivity index (χ0v) is 21.7. The third-order valence-corrected chi connectivity index (χ3v) is 7.26. The largest absolute Gasteiger partial charge is 0.326 e. The molecule has 2 atom stereocenters. The maximum atomic E-state index is 13.3. The molecule has 3 aromatic carbocycles. The molecule has 1 aliphatic rings. The highest BCUT2D eigenvalue weighted by atomic mass is 35.5. The number of anilines is 2. The van der Waals surface area contributed by atoms with Crippen LogP contribution in [0.5, 0.6) is 0 Å². The van der Waals surface area contributed by atoms with Gasteiger partial charge in [0.25, 0.3) is 5.91 Å². The van der Waals surface area contributed by atoms with Crippen LogP contribution in [0.4, 0.5) is 15.8 Å². The molecule has 0 aliphatic heterocycles. The van der Waals surface area contributed by atoms with Crippen LogP contribution in [0, 0.1) is 18.7 Å². The number of hydrogen-bond donors (Lipinski definition) is 3. The van der Waals surface area contributed by atoms with E-state index in [1.54, 1.807) is 31.2 Å². The van der Waals surface area contributed by atoms with Gasteiger partial charge in [-0.15, -0.1) is 23.2 Å². The molecule has 0 spiro atoms. The van der Waals surface area contributed by atoms with Gasteiger partial charge in [0.1, 0.15) is 10.2 Å². The fourth-order valence-corrected chi connectivity index (χ4v) is 5.35. The fraction of sp³-hybridized carbons (Fsp3) is 0.167. The number of hydrazine groups is 1. The van der Waals surface area contributed by atoms with Crippen molar-refractivity contribution in [2.75, 3.05) is 10.7 Å². The van der Waals surface area contributed by atoms with E-state index in [9.17, 15) is 14.0 Å². The molecule has 2 unspecified atom stereocenters. The Bertz CT molecular complexity index is 1310. The van der Waals surface area contributed by atoms with Crippen molar-refractivity contribution in [2.45, 2.75) is 17.2 Å². The van der Waals surface area contributed by atoms with Gasteiger partial charge in [-0.25, -0.2) is 4.39 Å². The molecule has 3 N–H and O–H groups in total. The van der Waals surface area contributed by atoms with Gasteiger partial charge < -0.3 is 5.32 Å². The van der Waals surface area contributed by atoms with E-state index in [0.717, 1.165) is 0 Å². The van der Waals surface area contributed by atoms with Crippen molar-refractivity contribution < 1.29 is 14.0 Å². The topological polar surface area (TPSA) is 70.2 Å². The predicted octanol–water partition coefficient (Wildman–Crippen LogP) is 7.38. The molecule has 0 radical (unpaired) electrons. The minimum Gasteiger partial charge on any atom is -0.326 e. The van der Waals surface area contributed by atoms with Gasteiger partial charge in [0, 0.05) is 21.7 Å². The van der Waals surface area contributed by atoms with Crippen LogP contribution in [0.3, 0.4) is 0 Å². The second-order valence-electron chi connectivity index (χ2n) is 8.05. The summed E-state index contributed by atoms with van der Waals surface area (Å²) in [4.78, 5) is 25.7. The lowest BCUT2D eigenvalue weighted by Gasteiger charge is -2.13. The molecule has 1 fully saturated rings. The average molecular weight is 576 g/mol. The molecule has 1 saturated carbocycles. The number of aryl methyl sites for hydroxylation is 1. The Balaban J connectivity index is 1.46. The fourth-order valence-electron chi connectivity index (χ4n) is 3.78. The Morgan fingerprint density at radius 2 is 1.63 bits per heavy atom. The van der Waals surface area contributed by atoms with Crippen LogP contribution < -0.4 is 16.2 Å². The summed E-state index contributed by atoms with van der Waals surface area (Å²) in [6.07, 6.45) is 0. The Morgan fingerprint density at radius 3 is 2.29 bits per heavy atom. The van der Waals surface area contributed by atoms with Gasteiger partial charge >= 0.3 is 0 Å². The SMILES string of the molecule is Cc1cc(F)ccc1NNC(=O)c1cc(NC(=O)C2C(c3cc(Cl)cc(Cl)c3)C2(Cl)Cl)ccc1Cl. The summed E-state index contributed by atoms with van der Waals surface area (Å²) in [6.45, 7) is 1.69. The molecule has 0 heterocycles. The molecule has 35 heavy (non-hydrogen) atoms. The number of hydrogen-bond acceptors (Lipinski definition) is 3. The third kappa shape index (κ3) is 5.63. The van der Waals surface area contributed by atoms with E-state index >= 15 is 0 Å². The van der Waals surface area contributed by atoms with Crippen molar-refractivity contribution in [3.8, 4) is 0 Å². The van der Waals surface area contributed by atoms with Crippen LogP contribution in [0.2, 0.25) is 15.1 Å². The van der Waals surface area contributed by atoms with Gasteiger partial charge in [-0.2, -0.15) is 0 Å². The summed E-state index contributed by atoms with van der Waals surface area (Å²) >= 11 is 31.1. The van der Waals surface area contributed by atoms with Crippen molar-refractivity contribution in [3.05, 3.63) is 92.2 Å². The van der Waals surface area contributed by atoms with E-state index < -0.39 is 28.0 Å². The Hall–Kier alpha value is -2.22. The molecule has 182 valence electrons. The van der Waals surface area contributed by atoms with Crippen LogP contribution >= 0.6 is 58.0 Å². The number of carbonyl (C=O) groups excluding carboxylic acids is 2. The van der Waals surface area contributed by atoms with E-state index in [0.29, 0.717) is 32.5 Å². The van der Waals surface area contributed by atoms with E-state index in [1.807, 2.05) is 0 Å². The molecular weight excluding hydrogens is 559 g/mol. The zero-order chi connectivity index (χ0) is 25.5. The highest BCUT2D eigenvalue weighted by molar-refractivity contribution is 6.53. The van der Waals surface area contributed by atoms with E-state index in [4.69, 9.17) is 58.0 Å². The summed E-state index contributed by atoms with van der Waals surface area (Å²) in [5.41, 5.74) is 7.42. The molecular formula is C24H17Cl5FN3O2. The predicted molar refractivity (Wildman–Crippen MR) is 139 cm³/mol. The average Bonchev–Trinajstić information content (AvgIpc) is 3.35. The van der Waals surface area contributed by atoms with Crippen molar-refractivity contribution in [1.29, 1.82) is 0 Å². The molecule has 0 aromatic heterocycles. The Labute approximate surface area is 225 Å². The van der Waals surface area contributed by atoms with Crippen molar-refractivity contribution in [3.63, 3.8) is 0 Å². The number of nitrogens with one attached hydrogen (secondary N) is 3. The minimum atomic E-state index is -1.35. The van der Waals surface area contributed by atoms with Crippen LogP contribution in [-0.4, -0.2) is 16.1 Å². The van der Waals surface area contributed by atoms with Gasteiger partial charge in [-0.3, -0.25) is 20.4 Å². The number of alkyl halides is 2. The Kier molecular flexibility index (Phi) is 7.41. The summed E-state index contributed by atoms with van der Waals surface area (Å²) in [5, 5.41) is 3.70. The highest BCUT2D eigenvalue weighted by Gasteiger charge is 2.67. The third-order valence-electron chi connectivity index (χ3n) is 5.56. The quantitative estimate of drug-likeness (QED) is 0.212.